The minimum Gasteiger partial charge on any atom is -0.295 e. The summed E-state index contributed by atoms with van der Waals surface area (Å²) in [6.45, 7) is 2.83. The number of rotatable bonds is 1. The Morgan fingerprint density at radius 2 is 2.14 bits per heavy atom. The topological polar surface area (TPSA) is 47.8 Å². The summed E-state index contributed by atoms with van der Waals surface area (Å²) in [4.78, 5) is 22.5. The number of aryl methyl sites for hydroxylation is 2. The van der Waals surface area contributed by atoms with E-state index >= 15 is 0 Å². The van der Waals surface area contributed by atoms with Gasteiger partial charge in [0.05, 0.1) is 0 Å². The molecule has 0 unspecified atom stereocenters. The molecule has 1 aliphatic heterocycles. The Labute approximate surface area is 126 Å². The molecule has 0 bridgehead atoms. The van der Waals surface area contributed by atoms with E-state index < -0.39 is 0 Å². The van der Waals surface area contributed by atoms with Crippen molar-refractivity contribution in [2.75, 3.05) is 0 Å². The monoisotopic (exact) mass is 297 g/mol. The lowest BCUT2D eigenvalue weighted by molar-refractivity contribution is 0.501. The van der Waals surface area contributed by atoms with Crippen LogP contribution in [0.4, 0.5) is 0 Å². The zero-order valence-electron chi connectivity index (χ0n) is 11.8. The van der Waals surface area contributed by atoms with Gasteiger partial charge in [0.25, 0.3) is 5.56 Å². The molecule has 1 aliphatic rings. The quantitative estimate of drug-likeness (QED) is 0.693. The molecule has 0 radical (unpaired) electrons. The third kappa shape index (κ3) is 2.08. The number of hydrogen-bond donors (Lipinski definition) is 0. The van der Waals surface area contributed by atoms with Gasteiger partial charge in [0.2, 0.25) is 0 Å². The molecule has 0 atom stereocenters. The molecular weight excluding hydrogens is 282 g/mol. The molecule has 1 aromatic carbocycles. The number of aromatic nitrogens is 3. The van der Waals surface area contributed by atoms with Crippen molar-refractivity contribution in [2.45, 2.75) is 32.7 Å². The van der Waals surface area contributed by atoms with Crippen LogP contribution in [0.3, 0.4) is 0 Å². The van der Waals surface area contributed by atoms with Crippen LogP contribution in [0.1, 0.15) is 24.2 Å². The van der Waals surface area contributed by atoms with E-state index in [-0.39, 0.29) is 5.56 Å². The van der Waals surface area contributed by atoms with Gasteiger partial charge in [0.1, 0.15) is 10.8 Å². The maximum atomic E-state index is 12.6. The fourth-order valence-corrected chi connectivity index (χ4v) is 3.77. The molecule has 0 saturated carbocycles. The van der Waals surface area contributed by atoms with Crippen molar-refractivity contribution in [3.05, 3.63) is 46.0 Å². The molecule has 0 fully saturated rings. The molecule has 4 nitrogen and oxygen atoms in total. The maximum absolute atomic E-state index is 12.6. The summed E-state index contributed by atoms with van der Waals surface area (Å²) in [6.07, 6.45) is 3.05. The van der Waals surface area contributed by atoms with Crippen molar-refractivity contribution >= 4 is 21.7 Å². The standard InChI is InChI=1S/C16H15N3OS/c1-10-5-4-6-11(9-10)14-18-13-15(21-14)17-12-7-2-3-8-19(12)16(13)20/h4-6,9H,2-3,7-8H2,1H3. The average molecular weight is 297 g/mol. The molecule has 5 heteroatoms. The zero-order chi connectivity index (χ0) is 14.4. The van der Waals surface area contributed by atoms with Gasteiger partial charge in [0.15, 0.2) is 10.3 Å². The van der Waals surface area contributed by atoms with Crippen LogP contribution in [-0.4, -0.2) is 14.5 Å². The molecule has 21 heavy (non-hydrogen) atoms. The first-order valence-electron chi connectivity index (χ1n) is 7.20. The molecular formula is C16H15N3OS. The predicted molar refractivity (Wildman–Crippen MR) is 84.8 cm³/mol. The lowest BCUT2D eigenvalue weighted by Gasteiger charge is -2.16. The van der Waals surface area contributed by atoms with E-state index in [0.717, 1.165) is 47.0 Å². The smallest absolute Gasteiger partial charge is 0.280 e. The minimum atomic E-state index is 0.0184. The van der Waals surface area contributed by atoms with Gasteiger partial charge in [0, 0.05) is 18.5 Å². The zero-order valence-corrected chi connectivity index (χ0v) is 12.6. The summed E-state index contributed by atoms with van der Waals surface area (Å²) in [7, 11) is 0. The van der Waals surface area contributed by atoms with Gasteiger partial charge in [-0.3, -0.25) is 9.36 Å². The Hall–Kier alpha value is -2.01. The summed E-state index contributed by atoms with van der Waals surface area (Å²) in [5, 5.41) is 0.876. The Balaban J connectivity index is 1.94. The lowest BCUT2D eigenvalue weighted by atomic mass is 10.1. The van der Waals surface area contributed by atoms with Gasteiger partial charge < -0.3 is 0 Å². The second-order valence-corrected chi connectivity index (χ2v) is 6.46. The fraction of sp³-hybridized carbons (Fsp3) is 0.312. The summed E-state index contributed by atoms with van der Waals surface area (Å²) < 4.78 is 1.80. The highest BCUT2D eigenvalue weighted by molar-refractivity contribution is 7.21. The summed E-state index contributed by atoms with van der Waals surface area (Å²) in [5.74, 6) is 0.915. The normalized spacial score (nSPS) is 14.3. The molecule has 0 N–H and O–H groups in total. The van der Waals surface area contributed by atoms with Gasteiger partial charge in [-0.1, -0.05) is 35.1 Å². The Morgan fingerprint density at radius 1 is 1.24 bits per heavy atom. The first-order chi connectivity index (χ1) is 10.2. The minimum absolute atomic E-state index is 0.0184. The van der Waals surface area contributed by atoms with E-state index in [0.29, 0.717) is 5.52 Å². The third-order valence-electron chi connectivity index (χ3n) is 3.90. The number of hydrogen-bond acceptors (Lipinski definition) is 4. The van der Waals surface area contributed by atoms with Gasteiger partial charge >= 0.3 is 0 Å². The van der Waals surface area contributed by atoms with E-state index in [1.165, 1.54) is 16.9 Å². The van der Waals surface area contributed by atoms with Crippen LogP contribution in [0.15, 0.2) is 29.1 Å². The van der Waals surface area contributed by atoms with E-state index in [9.17, 15) is 4.79 Å². The molecule has 0 aliphatic carbocycles. The van der Waals surface area contributed by atoms with Gasteiger partial charge in [-0.2, -0.15) is 0 Å². The van der Waals surface area contributed by atoms with Crippen molar-refractivity contribution in [2.24, 2.45) is 0 Å². The van der Waals surface area contributed by atoms with E-state index in [4.69, 9.17) is 0 Å². The molecule has 0 amide bonds. The first kappa shape index (κ1) is 12.7. The molecule has 3 aromatic rings. The molecule has 3 heterocycles. The second kappa shape index (κ2) is 4.77. The fourth-order valence-electron chi connectivity index (χ4n) is 2.83. The summed E-state index contributed by atoms with van der Waals surface area (Å²) in [6, 6.07) is 8.20. The van der Waals surface area contributed by atoms with Crippen LogP contribution in [0.2, 0.25) is 0 Å². The summed E-state index contributed by atoms with van der Waals surface area (Å²) >= 11 is 1.51. The first-order valence-corrected chi connectivity index (χ1v) is 8.01. The predicted octanol–water partition coefficient (Wildman–Crippen LogP) is 3.16. The van der Waals surface area contributed by atoms with Crippen LogP contribution < -0.4 is 5.56 Å². The second-order valence-electron chi connectivity index (χ2n) is 5.48. The molecule has 106 valence electrons. The number of benzene rings is 1. The van der Waals surface area contributed by atoms with E-state index in [2.05, 4.69) is 29.0 Å². The maximum Gasteiger partial charge on any atom is 0.280 e. The lowest BCUT2D eigenvalue weighted by Crippen LogP contribution is -2.28. The Morgan fingerprint density at radius 3 is 3.00 bits per heavy atom. The van der Waals surface area contributed by atoms with Crippen molar-refractivity contribution in [1.29, 1.82) is 0 Å². The third-order valence-corrected chi connectivity index (χ3v) is 4.89. The highest BCUT2D eigenvalue weighted by atomic mass is 32.1. The van der Waals surface area contributed by atoms with Crippen LogP contribution in [0.25, 0.3) is 20.9 Å². The van der Waals surface area contributed by atoms with Crippen LogP contribution in [0.5, 0.6) is 0 Å². The SMILES string of the molecule is Cc1cccc(-c2nc3c(=O)n4c(nc3s2)CCCC4)c1. The van der Waals surface area contributed by atoms with Crippen LogP contribution in [0, 0.1) is 6.92 Å². The molecule has 0 saturated heterocycles. The van der Waals surface area contributed by atoms with Gasteiger partial charge in [-0.15, -0.1) is 0 Å². The van der Waals surface area contributed by atoms with E-state index in [1.54, 1.807) is 4.57 Å². The van der Waals surface area contributed by atoms with Crippen molar-refractivity contribution < 1.29 is 0 Å². The van der Waals surface area contributed by atoms with E-state index in [1.807, 2.05) is 12.1 Å². The Bertz CT molecular complexity index is 894. The summed E-state index contributed by atoms with van der Waals surface area (Å²) in [5.41, 5.74) is 2.78. The average Bonchev–Trinajstić information content (AvgIpc) is 2.92. The Kier molecular flexibility index (Phi) is 2.89. The van der Waals surface area contributed by atoms with Crippen molar-refractivity contribution in [3.63, 3.8) is 0 Å². The van der Waals surface area contributed by atoms with Crippen LogP contribution in [-0.2, 0) is 13.0 Å². The number of nitrogens with zero attached hydrogens (tertiary/aromatic N) is 3. The van der Waals surface area contributed by atoms with Crippen molar-refractivity contribution in [3.8, 4) is 10.6 Å². The van der Waals surface area contributed by atoms with Gasteiger partial charge in [-0.25, -0.2) is 9.97 Å². The molecule has 4 rings (SSSR count). The van der Waals surface area contributed by atoms with Crippen LogP contribution >= 0.6 is 11.3 Å². The number of thiazole rings is 1. The molecule has 2 aromatic heterocycles. The number of fused-ring (bicyclic) bond motifs is 2. The largest absolute Gasteiger partial charge is 0.295 e. The molecule has 0 spiro atoms. The van der Waals surface area contributed by atoms with Gasteiger partial charge in [-0.05, 0) is 25.8 Å². The highest BCUT2D eigenvalue weighted by Crippen LogP contribution is 2.28. The van der Waals surface area contributed by atoms with Crippen molar-refractivity contribution in [1.82, 2.24) is 14.5 Å². The highest BCUT2D eigenvalue weighted by Gasteiger charge is 2.18.